The highest BCUT2D eigenvalue weighted by Gasteiger charge is 2.08. The van der Waals surface area contributed by atoms with Crippen LogP contribution in [0.25, 0.3) is 0 Å². The van der Waals surface area contributed by atoms with Gasteiger partial charge >= 0.3 is 0 Å². The molecule has 0 fully saturated rings. The molecule has 0 amide bonds. The van der Waals surface area contributed by atoms with Gasteiger partial charge in [0, 0.05) is 13.1 Å². The number of benzene rings is 1. The smallest absolute Gasteiger partial charge is 0.264 e. The van der Waals surface area contributed by atoms with Crippen molar-refractivity contribution in [3.63, 3.8) is 0 Å². The number of hydrogen-bond acceptors (Lipinski definition) is 3. The Labute approximate surface area is 108 Å². The zero-order valence-corrected chi connectivity index (χ0v) is 11.2. The maximum atomic E-state index is 8.87. The van der Waals surface area contributed by atoms with Crippen LogP contribution in [0.5, 0.6) is 5.75 Å². The lowest BCUT2D eigenvalue weighted by Crippen LogP contribution is -2.32. The molecule has 0 saturated heterocycles. The van der Waals surface area contributed by atoms with Crippen molar-refractivity contribution in [3.8, 4) is 11.8 Å². The SMILES string of the molecule is CCN(CC)C(=S)Oc1cc(C)cc(C#N)c1. The molecule has 1 rings (SSSR count). The molecular weight excluding hydrogens is 232 g/mol. The van der Waals surface area contributed by atoms with Gasteiger partial charge in [-0.2, -0.15) is 5.26 Å². The fourth-order valence-corrected chi connectivity index (χ4v) is 1.87. The quantitative estimate of drug-likeness (QED) is 0.771. The van der Waals surface area contributed by atoms with E-state index in [9.17, 15) is 0 Å². The van der Waals surface area contributed by atoms with E-state index >= 15 is 0 Å². The zero-order chi connectivity index (χ0) is 12.8. The first kappa shape index (κ1) is 13.5. The highest BCUT2D eigenvalue weighted by atomic mass is 32.1. The van der Waals surface area contributed by atoms with Crippen LogP contribution in [0.1, 0.15) is 25.0 Å². The molecule has 0 aliphatic carbocycles. The Morgan fingerprint density at radius 1 is 1.35 bits per heavy atom. The number of thiocarbonyl (C=S) groups is 1. The Bertz CT molecular complexity index is 447. The molecule has 0 heterocycles. The molecule has 0 aliphatic rings. The molecule has 17 heavy (non-hydrogen) atoms. The summed E-state index contributed by atoms with van der Waals surface area (Å²) in [5.41, 5.74) is 1.57. The average Bonchev–Trinajstić information content (AvgIpc) is 2.29. The van der Waals surface area contributed by atoms with Gasteiger partial charge in [0.2, 0.25) is 0 Å². The summed E-state index contributed by atoms with van der Waals surface area (Å²) in [6, 6.07) is 7.48. The van der Waals surface area contributed by atoms with E-state index in [2.05, 4.69) is 6.07 Å². The molecule has 1 aromatic carbocycles. The molecule has 0 atom stereocenters. The summed E-state index contributed by atoms with van der Waals surface area (Å²) >= 11 is 5.20. The minimum atomic E-state index is 0.449. The van der Waals surface area contributed by atoms with Crippen LogP contribution in [0.3, 0.4) is 0 Å². The first-order chi connectivity index (χ1) is 8.10. The molecule has 90 valence electrons. The van der Waals surface area contributed by atoms with Crippen LogP contribution in [-0.2, 0) is 0 Å². The summed E-state index contributed by atoms with van der Waals surface area (Å²) in [6.07, 6.45) is 0. The summed E-state index contributed by atoms with van der Waals surface area (Å²) in [5.74, 6) is 0.624. The number of nitriles is 1. The van der Waals surface area contributed by atoms with E-state index in [4.69, 9.17) is 22.2 Å². The molecule has 4 heteroatoms. The van der Waals surface area contributed by atoms with Crippen LogP contribution in [0.15, 0.2) is 18.2 Å². The fraction of sp³-hybridized carbons (Fsp3) is 0.385. The summed E-state index contributed by atoms with van der Waals surface area (Å²) in [6.45, 7) is 7.60. The van der Waals surface area contributed by atoms with Crippen LogP contribution in [0.2, 0.25) is 0 Å². The van der Waals surface area contributed by atoms with E-state index in [0.29, 0.717) is 16.5 Å². The van der Waals surface area contributed by atoms with Crippen LogP contribution in [-0.4, -0.2) is 23.2 Å². The van der Waals surface area contributed by atoms with E-state index < -0.39 is 0 Å². The van der Waals surface area contributed by atoms with Gasteiger partial charge in [-0.15, -0.1) is 0 Å². The van der Waals surface area contributed by atoms with E-state index in [0.717, 1.165) is 18.7 Å². The first-order valence-corrected chi connectivity index (χ1v) is 6.00. The molecule has 0 aliphatic heterocycles. The topological polar surface area (TPSA) is 36.3 Å². The van der Waals surface area contributed by atoms with Crippen molar-refractivity contribution in [3.05, 3.63) is 29.3 Å². The predicted octanol–water partition coefficient (Wildman–Crippen LogP) is 2.87. The third-order valence-corrected chi connectivity index (χ3v) is 2.75. The fourth-order valence-electron chi connectivity index (χ4n) is 1.52. The van der Waals surface area contributed by atoms with Crippen LogP contribution >= 0.6 is 12.2 Å². The van der Waals surface area contributed by atoms with Crippen molar-refractivity contribution in [2.45, 2.75) is 20.8 Å². The summed E-state index contributed by atoms with van der Waals surface area (Å²) in [7, 11) is 0. The van der Waals surface area contributed by atoms with Gasteiger partial charge in [0.25, 0.3) is 5.17 Å². The van der Waals surface area contributed by atoms with Gasteiger partial charge in [0.1, 0.15) is 5.75 Å². The van der Waals surface area contributed by atoms with Gasteiger partial charge in [-0.3, -0.25) is 0 Å². The van der Waals surface area contributed by atoms with E-state index in [1.807, 2.05) is 37.8 Å². The molecule has 0 radical (unpaired) electrons. The maximum Gasteiger partial charge on any atom is 0.264 e. The Hall–Kier alpha value is -1.60. The summed E-state index contributed by atoms with van der Waals surface area (Å²) in [4.78, 5) is 1.95. The molecule has 0 N–H and O–H groups in total. The van der Waals surface area contributed by atoms with Gasteiger partial charge in [-0.05, 0) is 56.8 Å². The summed E-state index contributed by atoms with van der Waals surface area (Å²) < 4.78 is 5.59. The molecule has 0 bridgehead atoms. The van der Waals surface area contributed by atoms with Gasteiger partial charge in [-0.25, -0.2) is 0 Å². The lowest BCUT2D eigenvalue weighted by molar-refractivity contribution is 0.378. The number of rotatable bonds is 3. The van der Waals surface area contributed by atoms with Gasteiger partial charge in [0.15, 0.2) is 0 Å². The Morgan fingerprint density at radius 3 is 2.53 bits per heavy atom. The van der Waals surface area contributed by atoms with E-state index in [1.54, 1.807) is 6.07 Å². The molecular formula is C13H16N2OS. The molecule has 0 saturated carbocycles. The number of aryl methyl sites for hydroxylation is 1. The van der Waals surface area contributed by atoms with Crippen LogP contribution < -0.4 is 4.74 Å². The number of hydrogen-bond donors (Lipinski definition) is 0. The van der Waals surface area contributed by atoms with E-state index in [-0.39, 0.29) is 0 Å². The molecule has 0 unspecified atom stereocenters. The molecule has 3 nitrogen and oxygen atoms in total. The van der Waals surface area contributed by atoms with Crippen LogP contribution in [0, 0.1) is 18.3 Å². The molecule has 0 aromatic heterocycles. The first-order valence-electron chi connectivity index (χ1n) is 5.59. The number of ether oxygens (including phenoxy) is 1. The van der Waals surface area contributed by atoms with Crippen molar-refractivity contribution in [2.75, 3.05) is 13.1 Å². The van der Waals surface area contributed by atoms with Crippen molar-refractivity contribution in [1.82, 2.24) is 4.90 Å². The monoisotopic (exact) mass is 248 g/mol. The van der Waals surface area contributed by atoms with Crippen molar-refractivity contribution >= 4 is 17.4 Å². The van der Waals surface area contributed by atoms with Gasteiger partial charge < -0.3 is 9.64 Å². The van der Waals surface area contributed by atoms with Crippen molar-refractivity contribution in [1.29, 1.82) is 5.26 Å². The highest BCUT2D eigenvalue weighted by Crippen LogP contribution is 2.17. The normalized spacial score (nSPS) is 9.53. The second-order valence-corrected chi connectivity index (χ2v) is 4.04. The molecule has 0 spiro atoms. The lowest BCUT2D eigenvalue weighted by Gasteiger charge is -2.21. The van der Waals surface area contributed by atoms with Crippen molar-refractivity contribution in [2.24, 2.45) is 0 Å². The second-order valence-electron chi connectivity index (χ2n) is 3.69. The Balaban J connectivity index is 2.85. The average molecular weight is 248 g/mol. The van der Waals surface area contributed by atoms with Gasteiger partial charge in [-0.1, -0.05) is 0 Å². The van der Waals surface area contributed by atoms with E-state index in [1.165, 1.54) is 0 Å². The lowest BCUT2D eigenvalue weighted by atomic mass is 10.1. The van der Waals surface area contributed by atoms with Crippen LogP contribution in [0.4, 0.5) is 0 Å². The Kier molecular flexibility index (Phi) is 4.92. The zero-order valence-electron chi connectivity index (χ0n) is 10.4. The summed E-state index contributed by atoms with van der Waals surface area (Å²) in [5, 5.41) is 9.32. The minimum Gasteiger partial charge on any atom is -0.432 e. The standard InChI is InChI=1S/C13H16N2OS/c1-4-15(5-2)13(17)16-12-7-10(3)6-11(8-12)9-14/h6-8H,4-5H2,1-3H3. The predicted molar refractivity (Wildman–Crippen MR) is 72.0 cm³/mol. The van der Waals surface area contributed by atoms with Crippen molar-refractivity contribution < 1.29 is 4.74 Å². The minimum absolute atomic E-state index is 0.449. The maximum absolute atomic E-state index is 8.87. The Morgan fingerprint density at radius 2 is 2.00 bits per heavy atom. The largest absolute Gasteiger partial charge is 0.432 e. The molecule has 1 aromatic rings. The van der Waals surface area contributed by atoms with Gasteiger partial charge in [0.05, 0.1) is 11.6 Å². The number of nitrogens with zero attached hydrogens (tertiary/aromatic N) is 2. The third kappa shape index (κ3) is 3.72. The highest BCUT2D eigenvalue weighted by molar-refractivity contribution is 7.80. The second kappa shape index (κ2) is 6.21. The third-order valence-electron chi connectivity index (χ3n) is 2.41.